The van der Waals surface area contributed by atoms with Crippen molar-refractivity contribution in [2.75, 3.05) is 0 Å². The van der Waals surface area contributed by atoms with Gasteiger partial charge in [-0.3, -0.25) is 0 Å². The second-order valence-corrected chi connectivity index (χ2v) is 21.7. The van der Waals surface area contributed by atoms with Gasteiger partial charge in [0.25, 0.3) is 0 Å². The summed E-state index contributed by atoms with van der Waals surface area (Å²) in [6.45, 7) is 13.3. The predicted octanol–water partition coefficient (Wildman–Crippen LogP) is 4.58. The van der Waals surface area contributed by atoms with Crippen LogP contribution in [0.15, 0.2) is 36.4 Å². The zero-order chi connectivity index (χ0) is 27.2. The fourth-order valence-corrected chi connectivity index (χ4v) is 6.64. The minimum absolute atomic E-state index is 0. The van der Waals surface area contributed by atoms with Crippen LogP contribution >= 0.6 is 0 Å². The third-order valence-electron chi connectivity index (χ3n) is 9.14. The van der Waals surface area contributed by atoms with E-state index in [1.54, 1.807) is 34.5 Å². The van der Waals surface area contributed by atoms with E-state index in [4.69, 9.17) is 0 Å². The normalized spacial score (nSPS) is 16.2. The molecule has 0 nitrogen and oxygen atoms in total. The third kappa shape index (κ3) is 9.23. The Labute approximate surface area is 273 Å². The Bertz CT molecular complexity index is 1150. The standard InChI is InChI=1S/C25H29.C9H13.C2H6Si.2ClH.Zr/c1-3-7-18(8-4-1)20-11-13-24-22(15-20)17-23-16-21(12-14-25(23)24)19-9-5-2-6-10-19;1-6-5-7(2)9(4)8(6)3;1-3-2;;;/h11-15,18-19H,1-10,17H2;5H,1-4H3;1-2H3;2*1H;/q2*-1;;;;+2/p-2. The van der Waals surface area contributed by atoms with Crippen LogP contribution in [0.3, 0.4) is 0 Å². The first kappa shape index (κ1) is 35.7. The van der Waals surface area contributed by atoms with Crippen molar-refractivity contribution < 1.29 is 48.1 Å². The topological polar surface area (TPSA) is 0 Å². The molecule has 3 aliphatic carbocycles. The summed E-state index contributed by atoms with van der Waals surface area (Å²) in [6, 6.07) is 18.2. The predicted molar refractivity (Wildman–Crippen MR) is 164 cm³/mol. The first-order chi connectivity index (χ1) is 18.2. The van der Waals surface area contributed by atoms with Crippen LogP contribution < -0.4 is 24.8 Å². The fraction of sp³-hybridized carbons (Fsp3) is 0.528. The molecule has 2 fully saturated rings. The van der Waals surface area contributed by atoms with Crippen LogP contribution in [0.4, 0.5) is 0 Å². The van der Waals surface area contributed by atoms with Crippen molar-refractivity contribution in [1.82, 2.24) is 0 Å². The molecule has 40 heavy (non-hydrogen) atoms. The summed E-state index contributed by atoms with van der Waals surface area (Å²) < 4.78 is 0. The van der Waals surface area contributed by atoms with Gasteiger partial charge in [0, 0.05) is 0 Å². The molecule has 0 spiro atoms. The summed E-state index contributed by atoms with van der Waals surface area (Å²) in [5.41, 5.74) is 15.0. The van der Waals surface area contributed by atoms with E-state index in [1.165, 1.54) is 109 Å². The van der Waals surface area contributed by atoms with Crippen molar-refractivity contribution in [3.63, 3.8) is 0 Å². The number of benzene rings is 2. The third-order valence-corrected chi connectivity index (χ3v) is 9.14. The molecule has 0 unspecified atom stereocenters. The van der Waals surface area contributed by atoms with E-state index in [9.17, 15) is 0 Å². The zero-order valence-electron chi connectivity index (χ0n) is 25.7. The van der Waals surface area contributed by atoms with Crippen molar-refractivity contribution in [3.8, 4) is 11.1 Å². The van der Waals surface area contributed by atoms with Crippen LogP contribution in [-0.2, 0) is 29.8 Å². The Hall–Kier alpha value is -0.530. The molecule has 3 aromatic rings. The molecule has 0 atom stereocenters. The summed E-state index contributed by atoms with van der Waals surface area (Å²) >= 11 is 1.74. The van der Waals surface area contributed by atoms with Crippen LogP contribution in [0.1, 0.15) is 121 Å². The molecule has 0 N–H and O–H groups in total. The summed E-state index contributed by atoms with van der Waals surface area (Å²) in [5.74, 6) is 1.57. The van der Waals surface area contributed by atoms with Crippen molar-refractivity contribution >= 4 is 5.43 Å². The number of hydrogen-bond donors (Lipinski definition) is 0. The van der Waals surface area contributed by atoms with Gasteiger partial charge in [-0.05, 0) is 55.1 Å². The van der Waals surface area contributed by atoms with Gasteiger partial charge in [0.05, 0.1) is 0 Å². The van der Waals surface area contributed by atoms with Gasteiger partial charge in [-0.1, -0.05) is 90.0 Å². The van der Waals surface area contributed by atoms with Crippen molar-refractivity contribution in [2.24, 2.45) is 0 Å². The first-order valence-electron chi connectivity index (χ1n) is 15.1. The second-order valence-electron chi connectivity index (χ2n) is 12.3. The minimum atomic E-state index is 0. The number of rotatable bonds is 2. The van der Waals surface area contributed by atoms with E-state index < -0.39 is 0 Å². The van der Waals surface area contributed by atoms with Gasteiger partial charge in [-0.2, -0.15) is 52.1 Å². The maximum atomic E-state index is 3.84. The Morgan fingerprint density at radius 3 is 1.73 bits per heavy atom. The monoisotopic (exact) mass is 668 g/mol. The Kier molecular flexibility index (Phi) is 15.1. The molecule has 0 heterocycles. The van der Waals surface area contributed by atoms with Gasteiger partial charge < -0.3 is 24.8 Å². The molecule has 2 saturated carbocycles. The number of fused-ring (bicyclic) bond motifs is 3. The van der Waals surface area contributed by atoms with Crippen LogP contribution in [0, 0.1) is 33.8 Å². The molecule has 0 aliphatic heterocycles. The average Bonchev–Trinajstić information content (AvgIpc) is 3.40. The Morgan fingerprint density at radius 2 is 1.23 bits per heavy atom. The maximum absolute atomic E-state index is 3.84. The van der Waals surface area contributed by atoms with E-state index in [0.717, 1.165) is 18.3 Å². The molecule has 0 radical (unpaired) electrons. The van der Waals surface area contributed by atoms with E-state index >= 15 is 0 Å². The van der Waals surface area contributed by atoms with E-state index in [2.05, 4.69) is 83.3 Å². The molecule has 0 saturated heterocycles. The van der Waals surface area contributed by atoms with Gasteiger partial charge in [-0.15, -0.1) is 11.1 Å². The molecule has 216 valence electrons. The molecule has 3 aliphatic rings. The molecule has 4 heteroatoms. The van der Waals surface area contributed by atoms with Crippen LogP contribution in [0.2, 0.25) is 13.1 Å². The van der Waals surface area contributed by atoms with Gasteiger partial charge in [0.1, 0.15) is 0 Å². The summed E-state index contributed by atoms with van der Waals surface area (Å²) in [5, 5.41) is 0. The van der Waals surface area contributed by atoms with Crippen molar-refractivity contribution in [1.29, 1.82) is 0 Å². The fourth-order valence-electron chi connectivity index (χ4n) is 6.64. The van der Waals surface area contributed by atoms with Crippen LogP contribution in [0.25, 0.3) is 11.1 Å². The Morgan fingerprint density at radius 1 is 0.725 bits per heavy atom. The van der Waals surface area contributed by atoms with E-state index in [0.29, 0.717) is 0 Å². The first-order valence-corrected chi connectivity index (χ1v) is 21.3. The number of halogens is 2. The summed E-state index contributed by atoms with van der Waals surface area (Å²) in [7, 11) is 0. The van der Waals surface area contributed by atoms with Gasteiger partial charge in [-0.25, -0.2) is 0 Å². The summed E-state index contributed by atoms with van der Waals surface area (Å²) in [4.78, 5) is 0. The summed E-state index contributed by atoms with van der Waals surface area (Å²) in [6.07, 6.45) is 15.1. The van der Waals surface area contributed by atoms with E-state index in [1.807, 2.05) is 0 Å². The number of aryl methyl sites for hydroxylation is 2. The zero-order valence-corrected chi connectivity index (χ0v) is 30.6. The molecular weight excluding hydrogens is 623 g/mol. The second kappa shape index (κ2) is 16.9. The van der Waals surface area contributed by atoms with Gasteiger partial charge in [0.2, 0.25) is 0 Å². The van der Waals surface area contributed by atoms with Crippen LogP contribution in [0.5, 0.6) is 0 Å². The molecule has 6 rings (SSSR count). The van der Waals surface area contributed by atoms with Crippen molar-refractivity contribution in [3.05, 3.63) is 87.0 Å². The minimum Gasteiger partial charge on any atom is -1.00 e. The maximum Gasteiger partial charge on any atom is -0.0162 e. The molecular formula is C36H48Cl2SiZr-2. The van der Waals surface area contributed by atoms with Crippen molar-refractivity contribution in [2.45, 2.75) is 123 Å². The Balaban J connectivity index is 0.000000315. The SMILES string of the molecule is C[Si](C)=[Zr+2].Cc1[cH-]c(C)c(C)c1C.[Cl-].[Cl-].[c-]1c(C2CCCCC2)ccc2c1Cc1cc(C3CCCCC3)ccc1-2. The van der Waals surface area contributed by atoms with Crippen LogP contribution in [-0.4, -0.2) is 5.43 Å². The van der Waals surface area contributed by atoms with Gasteiger partial charge >= 0.3 is 41.9 Å². The smallest absolute Gasteiger partial charge is 0.0162 e. The quantitative estimate of drug-likeness (QED) is 0.217. The largest absolute Gasteiger partial charge is 1.00 e. The molecule has 0 aromatic heterocycles. The molecule has 0 bridgehead atoms. The molecule has 3 aromatic carbocycles. The molecule has 0 amide bonds. The average molecular weight is 671 g/mol. The van der Waals surface area contributed by atoms with E-state index in [-0.39, 0.29) is 30.2 Å². The van der Waals surface area contributed by atoms with Gasteiger partial charge in [0.15, 0.2) is 0 Å². The number of hydrogen-bond acceptors (Lipinski definition) is 0.